The minimum Gasteiger partial charge on any atom is -0.452 e. The first-order valence-corrected chi connectivity index (χ1v) is 11.6. The highest BCUT2D eigenvalue weighted by Crippen LogP contribution is 2.32. The molecule has 2 rings (SSSR count). The number of ether oxygens (including phenoxy) is 3. The second kappa shape index (κ2) is 11.4. The first-order valence-electron chi connectivity index (χ1n) is 11.6. The molecule has 0 spiro atoms. The number of rotatable bonds is 8. The van der Waals surface area contributed by atoms with Crippen molar-refractivity contribution in [1.82, 2.24) is 9.78 Å². The van der Waals surface area contributed by atoms with E-state index < -0.39 is 12.4 Å². The predicted octanol–water partition coefficient (Wildman–Crippen LogP) is 6.08. The van der Waals surface area contributed by atoms with E-state index in [9.17, 15) is 4.79 Å². The van der Waals surface area contributed by atoms with E-state index in [4.69, 9.17) is 14.2 Å². The zero-order valence-corrected chi connectivity index (χ0v) is 22.2. The Bertz CT molecular complexity index is 1040. The lowest BCUT2D eigenvalue weighted by Crippen LogP contribution is -2.21. The number of hydrogen-bond acceptors (Lipinski definition) is 6. The van der Waals surface area contributed by atoms with Gasteiger partial charge in [-0.05, 0) is 36.3 Å². The van der Waals surface area contributed by atoms with Crippen LogP contribution in [0.25, 0.3) is 11.3 Å². The monoisotopic (exact) mass is 469 g/mol. The minimum atomic E-state index is -0.890. The molecule has 0 bridgehead atoms. The Balaban J connectivity index is 2.56. The normalized spacial score (nSPS) is 13.7. The number of nitrogens with zero attached hydrogens (tertiary/aromatic N) is 3. The van der Waals surface area contributed by atoms with Crippen LogP contribution in [0.4, 0.5) is 4.79 Å². The van der Waals surface area contributed by atoms with Crippen LogP contribution in [0.5, 0.6) is 0 Å². The van der Waals surface area contributed by atoms with Crippen LogP contribution in [0.1, 0.15) is 69.6 Å². The summed E-state index contributed by atoms with van der Waals surface area (Å²) in [4.78, 5) is 16.4. The molecule has 186 valence electrons. The average Bonchev–Trinajstić information content (AvgIpc) is 3.00. The highest BCUT2D eigenvalue weighted by atomic mass is 16.8. The van der Waals surface area contributed by atoms with E-state index in [2.05, 4.69) is 55.1 Å². The second-order valence-corrected chi connectivity index (χ2v) is 9.90. The summed E-state index contributed by atoms with van der Waals surface area (Å²) in [6.07, 6.45) is 0.101. The highest BCUT2D eigenvalue weighted by molar-refractivity contribution is 6.18. The third-order valence-electron chi connectivity index (χ3n) is 5.38. The van der Waals surface area contributed by atoms with Gasteiger partial charge in [0.1, 0.15) is 5.69 Å². The molecular formula is C27H39N3O4. The minimum absolute atomic E-state index is 0.0367. The van der Waals surface area contributed by atoms with Gasteiger partial charge in [0.05, 0.1) is 12.3 Å². The van der Waals surface area contributed by atoms with Crippen molar-refractivity contribution in [3.05, 3.63) is 52.3 Å². The fourth-order valence-corrected chi connectivity index (χ4v) is 3.47. The lowest BCUT2D eigenvalue weighted by Gasteiger charge is -2.22. The summed E-state index contributed by atoms with van der Waals surface area (Å²) in [7, 11) is 3.58. The van der Waals surface area contributed by atoms with Crippen molar-refractivity contribution in [2.75, 3.05) is 13.7 Å². The molecule has 7 nitrogen and oxygen atoms in total. The van der Waals surface area contributed by atoms with Crippen LogP contribution in [0.3, 0.4) is 0 Å². The average molecular weight is 470 g/mol. The Hall–Kier alpha value is -3.09. The van der Waals surface area contributed by atoms with Gasteiger partial charge in [-0.25, -0.2) is 4.79 Å². The standard InChI is InChI=1S/C27H39N3O4/c1-17(2)16-32-26(31)34-20(5)33-25(24-18(3)19(4)29-30(24)10)23(15-28-9)21-11-13-22(14-12-21)27(6,7)8/h11-15,17,20H,16H2,1-10H3/b25-23-,28-15-. The van der Waals surface area contributed by atoms with Crippen molar-refractivity contribution in [2.24, 2.45) is 18.0 Å². The SMILES string of the molecule is C/N=C\C(=C(\OC(C)OC(=O)OCC(C)C)c1c(C)c(C)nn1C)c1ccc(C(C)(C)C)cc1. The molecule has 1 aromatic heterocycles. The van der Waals surface area contributed by atoms with Gasteiger partial charge in [-0.2, -0.15) is 5.10 Å². The van der Waals surface area contributed by atoms with Crippen molar-refractivity contribution in [3.63, 3.8) is 0 Å². The maximum absolute atomic E-state index is 12.1. The number of aliphatic imine (C=N–C) groups is 1. The molecule has 1 heterocycles. The molecule has 34 heavy (non-hydrogen) atoms. The topological polar surface area (TPSA) is 74.9 Å². The van der Waals surface area contributed by atoms with Gasteiger partial charge >= 0.3 is 6.16 Å². The molecule has 7 heteroatoms. The lowest BCUT2D eigenvalue weighted by molar-refractivity contribution is -0.0690. The van der Waals surface area contributed by atoms with E-state index in [1.54, 1.807) is 24.9 Å². The summed E-state index contributed by atoms with van der Waals surface area (Å²) < 4.78 is 18.6. The van der Waals surface area contributed by atoms with Crippen LogP contribution < -0.4 is 0 Å². The number of benzene rings is 1. The lowest BCUT2D eigenvalue weighted by atomic mass is 9.86. The van der Waals surface area contributed by atoms with Crippen molar-refractivity contribution in [3.8, 4) is 0 Å². The first kappa shape index (κ1) is 27.2. The van der Waals surface area contributed by atoms with Gasteiger partial charge in [-0.3, -0.25) is 9.67 Å². The van der Waals surface area contributed by atoms with E-state index >= 15 is 0 Å². The summed E-state index contributed by atoms with van der Waals surface area (Å²) in [6.45, 7) is 16.4. The zero-order valence-electron chi connectivity index (χ0n) is 22.2. The summed E-state index contributed by atoms with van der Waals surface area (Å²) in [5.74, 6) is 0.738. The molecule has 0 saturated heterocycles. The molecule has 0 amide bonds. The smallest absolute Gasteiger partial charge is 0.452 e. The van der Waals surface area contributed by atoms with Gasteiger partial charge in [-0.1, -0.05) is 58.9 Å². The molecule has 1 aromatic carbocycles. The van der Waals surface area contributed by atoms with Crippen LogP contribution >= 0.6 is 0 Å². The van der Waals surface area contributed by atoms with Crippen molar-refractivity contribution in [1.29, 1.82) is 0 Å². The first-order chi connectivity index (χ1) is 15.8. The number of aryl methyl sites for hydroxylation is 2. The van der Waals surface area contributed by atoms with Crippen LogP contribution in [-0.2, 0) is 26.7 Å². The van der Waals surface area contributed by atoms with E-state index in [0.717, 1.165) is 28.1 Å². The fourth-order valence-electron chi connectivity index (χ4n) is 3.47. The molecule has 0 aliphatic rings. The molecule has 0 radical (unpaired) electrons. The summed E-state index contributed by atoms with van der Waals surface area (Å²) >= 11 is 0. The third-order valence-corrected chi connectivity index (χ3v) is 5.38. The number of hydrogen-bond donors (Lipinski definition) is 0. The van der Waals surface area contributed by atoms with E-state index in [1.165, 1.54) is 5.56 Å². The van der Waals surface area contributed by atoms with Gasteiger partial charge in [0, 0.05) is 38.4 Å². The number of carbonyl (C=O) groups is 1. The van der Waals surface area contributed by atoms with Crippen molar-refractivity contribution in [2.45, 2.75) is 67.1 Å². The van der Waals surface area contributed by atoms with E-state index in [0.29, 0.717) is 5.76 Å². The number of carbonyl (C=O) groups excluding carboxylic acids is 1. The Morgan fingerprint density at radius 2 is 1.74 bits per heavy atom. The molecule has 0 saturated carbocycles. The van der Waals surface area contributed by atoms with Crippen LogP contribution in [-0.4, -0.2) is 42.1 Å². The van der Waals surface area contributed by atoms with Gasteiger partial charge in [0.2, 0.25) is 6.29 Å². The fraction of sp³-hybridized carbons (Fsp3) is 0.519. The van der Waals surface area contributed by atoms with Gasteiger partial charge in [-0.15, -0.1) is 0 Å². The van der Waals surface area contributed by atoms with Crippen molar-refractivity contribution >= 4 is 23.7 Å². The number of aromatic nitrogens is 2. The maximum Gasteiger partial charge on any atom is 0.511 e. The highest BCUT2D eigenvalue weighted by Gasteiger charge is 2.24. The summed E-state index contributed by atoms with van der Waals surface area (Å²) in [6, 6.07) is 8.34. The Morgan fingerprint density at radius 3 is 2.21 bits per heavy atom. The Morgan fingerprint density at radius 1 is 1.12 bits per heavy atom. The summed E-state index contributed by atoms with van der Waals surface area (Å²) in [5.41, 5.74) is 5.61. The Labute approximate surface area is 203 Å². The second-order valence-electron chi connectivity index (χ2n) is 9.90. The molecule has 2 aromatic rings. The van der Waals surface area contributed by atoms with Gasteiger partial charge < -0.3 is 14.2 Å². The summed E-state index contributed by atoms with van der Waals surface area (Å²) in [5, 5.41) is 4.56. The van der Waals surface area contributed by atoms with Crippen molar-refractivity contribution < 1.29 is 19.0 Å². The molecule has 0 N–H and O–H groups in total. The quantitative estimate of drug-likeness (QED) is 0.203. The number of allylic oxidation sites excluding steroid dienone is 1. The zero-order chi connectivity index (χ0) is 25.6. The molecule has 1 atom stereocenters. The van der Waals surface area contributed by atoms with E-state index in [1.807, 2.05) is 34.7 Å². The molecule has 0 aliphatic heterocycles. The molecule has 0 fully saturated rings. The van der Waals surface area contributed by atoms with Gasteiger partial charge in [0.15, 0.2) is 5.76 Å². The molecular weight excluding hydrogens is 430 g/mol. The van der Waals surface area contributed by atoms with Crippen LogP contribution in [0.2, 0.25) is 0 Å². The third kappa shape index (κ3) is 6.95. The maximum atomic E-state index is 12.1. The van der Waals surface area contributed by atoms with Crippen LogP contribution in [0.15, 0.2) is 29.3 Å². The van der Waals surface area contributed by atoms with Crippen LogP contribution in [0, 0.1) is 19.8 Å². The molecule has 0 aliphatic carbocycles. The molecule has 1 unspecified atom stereocenters. The Kier molecular flexibility index (Phi) is 9.07. The van der Waals surface area contributed by atoms with E-state index in [-0.39, 0.29) is 17.9 Å². The van der Waals surface area contributed by atoms with Gasteiger partial charge in [0.25, 0.3) is 0 Å². The predicted molar refractivity (Wildman–Crippen MR) is 137 cm³/mol. The largest absolute Gasteiger partial charge is 0.511 e.